The predicted octanol–water partition coefficient (Wildman–Crippen LogP) is 3.99. The van der Waals surface area contributed by atoms with Crippen molar-refractivity contribution in [2.75, 3.05) is 0 Å². The highest BCUT2D eigenvalue weighted by molar-refractivity contribution is 7.89. The van der Waals surface area contributed by atoms with Gasteiger partial charge in [0.1, 0.15) is 6.04 Å². The predicted molar refractivity (Wildman–Crippen MR) is 117 cm³/mol. The van der Waals surface area contributed by atoms with E-state index in [1.54, 1.807) is 18.2 Å². The minimum Gasteiger partial charge on any atom is -0.352 e. The summed E-state index contributed by atoms with van der Waals surface area (Å²) in [6.07, 6.45) is 4.56. The molecule has 1 aromatic carbocycles. The Morgan fingerprint density at radius 3 is 2.59 bits per heavy atom. The minimum atomic E-state index is -3.81. The topological polar surface area (TPSA) is 88.2 Å². The Morgan fingerprint density at radius 1 is 1.24 bits per heavy atom. The lowest BCUT2D eigenvalue weighted by Crippen LogP contribution is -2.50. The number of benzene rings is 1. The number of nitrogens with one attached hydrogen (secondary N) is 2. The van der Waals surface area contributed by atoms with E-state index < -0.39 is 16.1 Å². The average Bonchev–Trinajstić information content (AvgIpc) is 3.01. The van der Waals surface area contributed by atoms with Crippen molar-refractivity contribution >= 4 is 37.5 Å². The quantitative estimate of drug-likeness (QED) is 0.685. The van der Waals surface area contributed by atoms with Crippen LogP contribution < -0.4 is 10.0 Å². The van der Waals surface area contributed by atoms with Crippen LogP contribution in [-0.4, -0.2) is 31.4 Å². The SMILES string of the molecule is Cc1nc2ccc(S(=O)(=O)N[C@@H](CC(C)C)C(=O)NC3CCC(C)CC3)cc2s1. The van der Waals surface area contributed by atoms with Crippen molar-refractivity contribution in [3.05, 3.63) is 23.2 Å². The van der Waals surface area contributed by atoms with E-state index in [1.807, 2.05) is 20.8 Å². The van der Waals surface area contributed by atoms with Gasteiger partial charge in [-0.1, -0.05) is 20.8 Å². The molecule has 1 heterocycles. The van der Waals surface area contributed by atoms with E-state index in [2.05, 4.69) is 21.9 Å². The molecule has 1 fully saturated rings. The molecule has 160 valence electrons. The second kappa shape index (κ2) is 9.10. The number of aromatic nitrogens is 1. The lowest BCUT2D eigenvalue weighted by atomic mass is 9.87. The van der Waals surface area contributed by atoms with Crippen LogP contribution in [0.2, 0.25) is 0 Å². The number of amides is 1. The molecule has 1 atom stereocenters. The Morgan fingerprint density at radius 2 is 1.93 bits per heavy atom. The van der Waals surface area contributed by atoms with Crippen molar-refractivity contribution in [2.45, 2.75) is 76.8 Å². The Kier molecular flexibility index (Phi) is 6.96. The van der Waals surface area contributed by atoms with Crippen molar-refractivity contribution in [3.63, 3.8) is 0 Å². The molecule has 2 aromatic rings. The summed E-state index contributed by atoms with van der Waals surface area (Å²) in [5, 5.41) is 3.97. The first kappa shape index (κ1) is 22.2. The molecule has 6 nitrogen and oxygen atoms in total. The largest absolute Gasteiger partial charge is 0.352 e. The zero-order valence-electron chi connectivity index (χ0n) is 17.6. The molecule has 2 N–H and O–H groups in total. The van der Waals surface area contributed by atoms with Crippen LogP contribution in [-0.2, 0) is 14.8 Å². The second-order valence-electron chi connectivity index (χ2n) is 8.63. The fourth-order valence-electron chi connectivity index (χ4n) is 3.83. The molecule has 29 heavy (non-hydrogen) atoms. The number of carbonyl (C=O) groups is 1. The first-order valence-corrected chi connectivity index (χ1v) is 12.6. The second-order valence-corrected chi connectivity index (χ2v) is 11.6. The monoisotopic (exact) mass is 437 g/mol. The molecule has 1 saturated carbocycles. The van der Waals surface area contributed by atoms with E-state index in [0.29, 0.717) is 12.3 Å². The molecule has 0 spiro atoms. The first-order valence-electron chi connectivity index (χ1n) is 10.3. The summed E-state index contributed by atoms with van der Waals surface area (Å²) < 4.78 is 29.5. The summed E-state index contributed by atoms with van der Waals surface area (Å²) in [6, 6.07) is 4.26. The molecule has 0 aliphatic heterocycles. The Hall–Kier alpha value is -1.51. The highest BCUT2D eigenvalue weighted by Crippen LogP contribution is 2.26. The number of sulfonamides is 1. The van der Waals surface area contributed by atoms with Gasteiger partial charge in [-0.3, -0.25) is 4.79 Å². The van der Waals surface area contributed by atoms with Crippen LogP contribution in [0.15, 0.2) is 23.1 Å². The van der Waals surface area contributed by atoms with Crippen LogP contribution in [0.1, 0.15) is 57.9 Å². The van der Waals surface area contributed by atoms with Gasteiger partial charge >= 0.3 is 0 Å². The normalized spacial score (nSPS) is 21.4. The lowest BCUT2D eigenvalue weighted by molar-refractivity contribution is -0.124. The van der Waals surface area contributed by atoms with E-state index in [1.165, 1.54) is 11.3 Å². The standard InChI is InChI=1S/C21H31N3O3S2/c1-13(2)11-19(21(25)23-16-7-5-14(3)6-8-16)24-29(26,27)17-9-10-18-20(12-17)28-15(4)22-18/h9-10,12-14,16,19,24H,5-8,11H2,1-4H3,(H,23,25)/t14?,16?,19-/m0/s1. The summed E-state index contributed by atoms with van der Waals surface area (Å²) in [5.74, 6) is 0.654. The van der Waals surface area contributed by atoms with E-state index in [4.69, 9.17) is 0 Å². The minimum absolute atomic E-state index is 0.134. The molecule has 1 amide bonds. The van der Waals surface area contributed by atoms with Gasteiger partial charge in [-0.25, -0.2) is 13.4 Å². The van der Waals surface area contributed by atoms with Crippen LogP contribution >= 0.6 is 11.3 Å². The van der Waals surface area contributed by atoms with Crippen molar-refractivity contribution in [2.24, 2.45) is 11.8 Å². The van der Waals surface area contributed by atoms with Gasteiger partial charge in [-0.05, 0) is 69.1 Å². The third-order valence-corrected chi connectivity index (χ3v) is 7.86. The Balaban J connectivity index is 1.75. The molecule has 0 saturated heterocycles. The molecular formula is C21H31N3O3S2. The third kappa shape index (κ3) is 5.77. The van der Waals surface area contributed by atoms with Crippen molar-refractivity contribution < 1.29 is 13.2 Å². The fourth-order valence-corrected chi connectivity index (χ4v) is 6.00. The number of rotatable bonds is 7. The van der Waals surface area contributed by atoms with E-state index in [0.717, 1.165) is 40.9 Å². The lowest BCUT2D eigenvalue weighted by Gasteiger charge is -2.29. The molecule has 1 aliphatic rings. The van der Waals surface area contributed by atoms with Gasteiger partial charge in [0, 0.05) is 6.04 Å². The number of fused-ring (bicyclic) bond motifs is 1. The summed E-state index contributed by atoms with van der Waals surface area (Å²) in [6.45, 7) is 8.10. The molecule has 0 unspecified atom stereocenters. The number of nitrogens with zero attached hydrogens (tertiary/aromatic N) is 1. The summed E-state index contributed by atoms with van der Waals surface area (Å²) >= 11 is 1.46. The maximum absolute atomic E-state index is 13.0. The van der Waals surface area contributed by atoms with Gasteiger partial charge in [-0.15, -0.1) is 11.3 Å². The molecule has 8 heteroatoms. The summed E-state index contributed by atoms with van der Waals surface area (Å²) in [4.78, 5) is 17.4. The molecular weight excluding hydrogens is 406 g/mol. The van der Waals surface area contributed by atoms with Crippen molar-refractivity contribution in [3.8, 4) is 0 Å². The Labute approximate surface area is 177 Å². The smallest absolute Gasteiger partial charge is 0.241 e. The first-order chi connectivity index (χ1) is 13.6. The van der Waals surface area contributed by atoms with Crippen molar-refractivity contribution in [1.82, 2.24) is 15.0 Å². The van der Waals surface area contributed by atoms with Crippen LogP contribution in [0.4, 0.5) is 0 Å². The summed E-state index contributed by atoms with van der Waals surface area (Å²) in [7, 11) is -3.81. The number of thiazole rings is 1. The number of carbonyl (C=O) groups excluding carboxylic acids is 1. The Bertz CT molecular complexity index is 961. The molecule has 0 radical (unpaired) electrons. The van der Waals surface area contributed by atoms with Crippen LogP contribution in [0, 0.1) is 18.8 Å². The fraction of sp³-hybridized carbons (Fsp3) is 0.619. The van der Waals surface area contributed by atoms with Crippen molar-refractivity contribution in [1.29, 1.82) is 0 Å². The average molecular weight is 438 g/mol. The van der Waals surface area contributed by atoms with Gasteiger partial charge in [0.15, 0.2) is 0 Å². The highest BCUT2D eigenvalue weighted by Gasteiger charge is 2.29. The molecule has 0 bridgehead atoms. The van der Waals surface area contributed by atoms with Gasteiger partial charge in [0.2, 0.25) is 15.9 Å². The number of aryl methyl sites for hydroxylation is 1. The van der Waals surface area contributed by atoms with Gasteiger partial charge in [0.05, 0.1) is 20.1 Å². The number of hydrogen-bond acceptors (Lipinski definition) is 5. The maximum Gasteiger partial charge on any atom is 0.241 e. The number of hydrogen-bond donors (Lipinski definition) is 2. The highest BCUT2D eigenvalue weighted by atomic mass is 32.2. The zero-order valence-corrected chi connectivity index (χ0v) is 19.2. The van der Waals surface area contributed by atoms with Crippen LogP contribution in [0.3, 0.4) is 0 Å². The van der Waals surface area contributed by atoms with Crippen LogP contribution in [0.5, 0.6) is 0 Å². The van der Waals surface area contributed by atoms with Gasteiger partial charge in [0.25, 0.3) is 0 Å². The summed E-state index contributed by atoms with van der Waals surface area (Å²) in [5.41, 5.74) is 0.787. The molecule has 3 rings (SSSR count). The zero-order chi connectivity index (χ0) is 21.2. The van der Waals surface area contributed by atoms with E-state index in [-0.39, 0.29) is 22.8 Å². The van der Waals surface area contributed by atoms with E-state index in [9.17, 15) is 13.2 Å². The van der Waals surface area contributed by atoms with Gasteiger partial charge in [-0.2, -0.15) is 4.72 Å². The maximum atomic E-state index is 13.0. The van der Waals surface area contributed by atoms with Gasteiger partial charge < -0.3 is 5.32 Å². The van der Waals surface area contributed by atoms with Crippen LogP contribution in [0.25, 0.3) is 10.2 Å². The molecule has 1 aromatic heterocycles. The van der Waals surface area contributed by atoms with E-state index >= 15 is 0 Å². The third-order valence-electron chi connectivity index (χ3n) is 5.46. The molecule has 1 aliphatic carbocycles.